The number of nitrogens with two attached hydrogens (primary N) is 1. The van der Waals surface area contributed by atoms with Gasteiger partial charge in [0.15, 0.2) is 0 Å². The summed E-state index contributed by atoms with van der Waals surface area (Å²) in [6, 6.07) is 6.46. The summed E-state index contributed by atoms with van der Waals surface area (Å²) in [5, 5.41) is 0. The lowest BCUT2D eigenvalue weighted by atomic mass is 9.98. The maximum Gasteiger partial charge on any atom is 0.0305 e. The average molecular weight is 382 g/mol. The molecule has 1 atom stereocenters. The minimum Gasteiger partial charge on any atom is -0.324 e. The third-order valence-electron chi connectivity index (χ3n) is 2.41. The summed E-state index contributed by atoms with van der Waals surface area (Å²) in [6.07, 6.45) is 2.24. The summed E-state index contributed by atoms with van der Waals surface area (Å²) < 4.78 is 2.37. The van der Waals surface area contributed by atoms with E-state index in [1.165, 1.54) is 15.6 Å². The van der Waals surface area contributed by atoms with Gasteiger partial charge in [-0.3, -0.25) is 0 Å². The Hall–Kier alpha value is 0.390. The molecule has 1 unspecified atom stereocenters. The van der Waals surface area contributed by atoms with Gasteiger partial charge in [0.1, 0.15) is 0 Å². The summed E-state index contributed by atoms with van der Waals surface area (Å²) in [7, 11) is 0. The molecule has 0 spiro atoms. The van der Waals surface area contributed by atoms with Crippen LogP contribution in [0.2, 0.25) is 0 Å². The molecule has 0 amide bonds. The van der Waals surface area contributed by atoms with E-state index in [4.69, 9.17) is 5.73 Å². The van der Waals surface area contributed by atoms with Crippen LogP contribution in [0.5, 0.6) is 0 Å². The van der Waals surface area contributed by atoms with Crippen LogP contribution in [0.1, 0.15) is 38.3 Å². The zero-order chi connectivity index (χ0) is 11.4. The molecule has 0 radical (unpaired) electrons. The van der Waals surface area contributed by atoms with E-state index >= 15 is 0 Å². The van der Waals surface area contributed by atoms with Gasteiger partial charge >= 0.3 is 0 Å². The van der Waals surface area contributed by atoms with Crippen molar-refractivity contribution in [1.29, 1.82) is 0 Å². The highest BCUT2D eigenvalue weighted by atomic mass is 127. The standard InChI is InChI=1S/C12H17BrIN/c1-8(2)3-6-12(15)10-7-9(13)4-5-11(10)14/h4-5,7-8,12H,3,6,15H2,1-2H3. The molecule has 0 fully saturated rings. The van der Waals surface area contributed by atoms with Crippen molar-refractivity contribution in [3.63, 3.8) is 0 Å². The Balaban J connectivity index is 2.72. The minimum atomic E-state index is 0.164. The molecular formula is C12H17BrIN. The van der Waals surface area contributed by atoms with Crippen LogP contribution in [-0.4, -0.2) is 0 Å². The molecule has 0 aromatic heterocycles. The lowest BCUT2D eigenvalue weighted by Gasteiger charge is -2.15. The molecule has 0 aliphatic carbocycles. The predicted octanol–water partition coefficient (Wildman–Crippen LogP) is 4.49. The summed E-state index contributed by atoms with van der Waals surface area (Å²) in [5.74, 6) is 0.723. The highest BCUT2D eigenvalue weighted by Crippen LogP contribution is 2.26. The van der Waals surface area contributed by atoms with Crippen LogP contribution in [0.3, 0.4) is 0 Å². The molecule has 84 valence electrons. The van der Waals surface area contributed by atoms with Gasteiger partial charge in [0.25, 0.3) is 0 Å². The van der Waals surface area contributed by atoms with E-state index in [1.54, 1.807) is 0 Å². The molecule has 1 rings (SSSR count). The fraction of sp³-hybridized carbons (Fsp3) is 0.500. The van der Waals surface area contributed by atoms with Gasteiger partial charge in [-0.15, -0.1) is 0 Å². The molecule has 15 heavy (non-hydrogen) atoms. The molecule has 2 N–H and O–H groups in total. The fourth-order valence-electron chi connectivity index (χ4n) is 1.47. The van der Waals surface area contributed by atoms with Crippen molar-refractivity contribution in [2.24, 2.45) is 11.7 Å². The van der Waals surface area contributed by atoms with Crippen molar-refractivity contribution in [3.05, 3.63) is 31.8 Å². The van der Waals surface area contributed by atoms with Crippen LogP contribution in [0.15, 0.2) is 22.7 Å². The van der Waals surface area contributed by atoms with E-state index < -0.39 is 0 Å². The monoisotopic (exact) mass is 381 g/mol. The molecule has 0 aliphatic heterocycles. The predicted molar refractivity (Wildman–Crippen MR) is 77.9 cm³/mol. The molecular weight excluding hydrogens is 365 g/mol. The summed E-state index contributed by atoms with van der Waals surface area (Å²) in [4.78, 5) is 0. The second-order valence-corrected chi connectivity index (χ2v) is 6.32. The Labute approximate surface area is 114 Å². The molecule has 0 bridgehead atoms. The first-order chi connectivity index (χ1) is 7.00. The number of rotatable bonds is 4. The van der Waals surface area contributed by atoms with E-state index in [9.17, 15) is 0 Å². The maximum atomic E-state index is 6.19. The Morgan fingerprint density at radius 2 is 2.00 bits per heavy atom. The van der Waals surface area contributed by atoms with Gasteiger partial charge in [0, 0.05) is 14.1 Å². The van der Waals surface area contributed by atoms with Gasteiger partial charge < -0.3 is 5.73 Å². The van der Waals surface area contributed by atoms with Crippen molar-refractivity contribution < 1.29 is 0 Å². The van der Waals surface area contributed by atoms with Gasteiger partial charge in [-0.25, -0.2) is 0 Å². The van der Waals surface area contributed by atoms with E-state index in [-0.39, 0.29) is 6.04 Å². The summed E-state index contributed by atoms with van der Waals surface area (Å²) in [6.45, 7) is 4.47. The largest absolute Gasteiger partial charge is 0.324 e. The SMILES string of the molecule is CC(C)CCC(N)c1cc(Br)ccc1I. The maximum absolute atomic E-state index is 6.19. The van der Waals surface area contributed by atoms with Gasteiger partial charge in [0.05, 0.1) is 0 Å². The van der Waals surface area contributed by atoms with Crippen molar-refractivity contribution >= 4 is 38.5 Å². The Kier molecular flexibility index (Phi) is 5.57. The Morgan fingerprint density at radius 1 is 1.33 bits per heavy atom. The Bertz CT molecular complexity index is 325. The minimum absolute atomic E-state index is 0.164. The van der Waals surface area contributed by atoms with E-state index in [2.05, 4.69) is 70.6 Å². The lowest BCUT2D eigenvalue weighted by Crippen LogP contribution is -2.12. The normalized spacial score (nSPS) is 13.2. The van der Waals surface area contributed by atoms with E-state index in [0.29, 0.717) is 0 Å². The molecule has 0 saturated carbocycles. The molecule has 0 heterocycles. The van der Waals surface area contributed by atoms with Gasteiger partial charge in [-0.1, -0.05) is 29.8 Å². The number of halogens is 2. The van der Waals surface area contributed by atoms with Gasteiger partial charge in [-0.05, 0) is 65.1 Å². The van der Waals surface area contributed by atoms with Crippen LogP contribution in [0.4, 0.5) is 0 Å². The second-order valence-electron chi connectivity index (χ2n) is 4.24. The quantitative estimate of drug-likeness (QED) is 0.764. The zero-order valence-corrected chi connectivity index (χ0v) is 12.9. The average Bonchev–Trinajstić information content (AvgIpc) is 2.18. The molecule has 0 aliphatic rings. The topological polar surface area (TPSA) is 26.0 Å². The number of benzene rings is 1. The van der Waals surface area contributed by atoms with E-state index in [0.717, 1.165) is 16.8 Å². The van der Waals surface area contributed by atoms with Crippen LogP contribution < -0.4 is 5.73 Å². The van der Waals surface area contributed by atoms with E-state index in [1.807, 2.05) is 0 Å². The van der Waals surface area contributed by atoms with Crippen LogP contribution in [0.25, 0.3) is 0 Å². The smallest absolute Gasteiger partial charge is 0.0305 e. The third-order valence-corrected chi connectivity index (χ3v) is 3.89. The van der Waals surface area contributed by atoms with Crippen molar-refractivity contribution in [2.45, 2.75) is 32.7 Å². The molecule has 1 aromatic rings. The first-order valence-corrected chi connectivity index (χ1v) is 7.08. The highest BCUT2D eigenvalue weighted by Gasteiger charge is 2.10. The van der Waals surface area contributed by atoms with Gasteiger partial charge in [0.2, 0.25) is 0 Å². The summed E-state index contributed by atoms with van der Waals surface area (Å²) >= 11 is 5.83. The van der Waals surface area contributed by atoms with Crippen molar-refractivity contribution in [3.8, 4) is 0 Å². The molecule has 0 saturated heterocycles. The van der Waals surface area contributed by atoms with Gasteiger partial charge in [-0.2, -0.15) is 0 Å². The number of hydrogen-bond donors (Lipinski definition) is 1. The van der Waals surface area contributed by atoms with Crippen molar-refractivity contribution in [1.82, 2.24) is 0 Å². The van der Waals surface area contributed by atoms with Crippen LogP contribution in [0, 0.1) is 9.49 Å². The molecule has 1 aromatic carbocycles. The summed E-state index contributed by atoms with van der Waals surface area (Å²) in [5.41, 5.74) is 7.44. The van der Waals surface area contributed by atoms with Crippen molar-refractivity contribution in [2.75, 3.05) is 0 Å². The lowest BCUT2D eigenvalue weighted by molar-refractivity contribution is 0.506. The van der Waals surface area contributed by atoms with Crippen LogP contribution in [-0.2, 0) is 0 Å². The molecule has 1 nitrogen and oxygen atoms in total. The number of hydrogen-bond acceptors (Lipinski definition) is 1. The van der Waals surface area contributed by atoms with Crippen LogP contribution >= 0.6 is 38.5 Å². The third kappa shape index (κ3) is 4.41. The zero-order valence-electron chi connectivity index (χ0n) is 9.13. The fourth-order valence-corrected chi connectivity index (χ4v) is 2.58. The first-order valence-electron chi connectivity index (χ1n) is 5.21. The Morgan fingerprint density at radius 3 is 2.60 bits per heavy atom. The second kappa shape index (κ2) is 6.21. The highest BCUT2D eigenvalue weighted by molar-refractivity contribution is 14.1. The first kappa shape index (κ1) is 13.5. The molecule has 3 heteroatoms.